The molecule has 0 spiro atoms. The third-order valence-electron chi connectivity index (χ3n) is 4.34. The standard InChI is InChI=1S/C20H16FN3O2S2/c21-15-5-2-1-4-13(15)7-8-22-17(25)10-24-12-23-19-18(20(24)26)14(11-28-19)16-6-3-9-27-16/h1-6,9,11-12H,7-8,10H2,(H,22,25). The molecule has 5 nitrogen and oxygen atoms in total. The van der Waals surface area contributed by atoms with E-state index in [1.54, 1.807) is 29.5 Å². The van der Waals surface area contributed by atoms with Gasteiger partial charge in [0.2, 0.25) is 5.91 Å². The topological polar surface area (TPSA) is 64.0 Å². The molecule has 0 unspecified atom stereocenters. The van der Waals surface area contributed by atoms with Gasteiger partial charge >= 0.3 is 0 Å². The molecule has 0 saturated heterocycles. The van der Waals surface area contributed by atoms with E-state index in [4.69, 9.17) is 0 Å². The third kappa shape index (κ3) is 3.74. The highest BCUT2D eigenvalue weighted by Gasteiger charge is 2.15. The van der Waals surface area contributed by atoms with Crippen LogP contribution in [0.4, 0.5) is 4.39 Å². The second-order valence-corrected chi connectivity index (χ2v) is 7.98. The van der Waals surface area contributed by atoms with Crippen LogP contribution in [0.3, 0.4) is 0 Å². The Balaban J connectivity index is 1.48. The molecule has 1 aromatic carbocycles. The fourth-order valence-electron chi connectivity index (χ4n) is 2.94. The summed E-state index contributed by atoms with van der Waals surface area (Å²) in [4.78, 5) is 31.1. The molecule has 0 aliphatic heterocycles. The first kappa shape index (κ1) is 18.5. The van der Waals surface area contributed by atoms with E-state index in [0.717, 1.165) is 10.4 Å². The molecule has 0 radical (unpaired) electrons. The SMILES string of the molecule is O=C(Cn1cnc2scc(-c3cccs3)c2c1=O)NCCc1ccccc1F. The summed E-state index contributed by atoms with van der Waals surface area (Å²) in [5, 5.41) is 7.14. The number of hydrogen-bond acceptors (Lipinski definition) is 5. The monoisotopic (exact) mass is 413 g/mol. The first-order valence-electron chi connectivity index (χ1n) is 8.64. The van der Waals surface area contributed by atoms with Crippen LogP contribution in [0.2, 0.25) is 0 Å². The molecule has 4 rings (SSSR count). The molecule has 3 heterocycles. The van der Waals surface area contributed by atoms with Crippen LogP contribution in [-0.4, -0.2) is 22.0 Å². The largest absolute Gasteiger partial charge is 0.354 e. The zero-order chi connectivity index (χ0) is 19.5. The average molecular weight is 413 g/mol. The van der Waals surface area contributed by atoms with Crippen LogP contribution in [-0.2, 0) is 17.8 Å². The Morgan fingerprint density at radius 3 is 2.82 bits per heavy atom. The molecule has 0 saturated carbocycles. The predicted molar refractivity (Wildman–Crippen MR) is 110 cm³/mol. The quantitative estimate of drug-likeness (QED) is 0.524. The van der Waals surface area contributed by atoms with Gasteiger partial charge in [-0.05, 0) is 29.5 Å². The zero-order valence-electron chi connectivity index (χ0n) is 14.7. The Bertz CT molecular complexity index is 1180. The van der Waals surface area contributed by atoms with Crippen molar-refractivity contribution in [3.8, 4) is 10.4 Å². The molecule has 0 aliphatic carbocycles. The lowest BCUT2D eigenvalue weighted by Gasteiger charge is -2.08. The highest BCUT2D eigenvalue weighted by atomic mass is 32.1. The summed E-state index contributed by atoms with van der Waals surface area (Å²) in [7, 11) is 0. The molecule has 8 heteroatoms. The Morgan fingerprint density at radius 2 is 2.04 bits per heavy atom. The summed E-state index contributed by atoms with van der Waals surface area (Å²) < 4.78 is 14.9. The van der Waals surface area contributed by atoms with E-state index in [-0.39, 0.29) is 23.8 Å². The second kappa shape index (κ2) is 8.04. The first-order chi connectivity index (χ1) is 13.6. The number of fused-ring (bicyclic) bond motifs is 1. The van der Waals surface area contributed by atoms with Crippen LogP contribution >= 0.6 is 22.7 Å². The molecule has 28 heavy (non-hydrogen) atoms. The van der Waals surface area contributed by atoms with Crippen LogP contribution in [0.5, 0.6) is 0 Å². The number of halogens is 1. The van der Waals surface area contributed by atoms with Crippen LogP contribution < -0.4 is 10.9 Å². The van der Waals surface area contributed by atoms with Crippen molar-refractivity contribution in [2.75, 3.05) is 6.54 Å². The number of carbonyl (C=O) groups is 1. The highest BCUT2D eigenvalue weighted by Crippen LogP contribution is 2.33. The van der Waals surface area contributed by atoms with Gasteiger partial charge in [0.15, 0.2) is 0 Å². The van der Waals surface area contributed by atoms with E-state index < -0.39 is 0 Å². The summed E-state index contributed by atoms with van der Waals surface area (Å²) in [6.45, 7) is 0.169. The Labute approximate surface area is 168 Å². The minimum atomic E-state index is -0.313. The highest BCUT2D eigenvalue weighted by molar-refractivity contribution is 7.18. The minimum absolute atomic E-state index is 0.126. The maximum Gasteiger partial charge on any atom is 0.263 e. The number of benzene rings is 1. The second-order valence-electron chi connectivity index (χ2n) is 6.18. The molecule has 0 bridgehead atoms. The van der Waals surface area contributed by atoms with Crippen LogP contribution in [0.1, 0.15) is 5.56 Å². The average Bonchev–Trinajstić information content (AvgIpc) is 3.35. The number of hydrogen-bond donors (Lipinski definition) is 1. The summed E-state index contributed by atoms with van der Waals surface area (Å²) in [6, 6.07) is 10.4. The molecular formula is C20H16FN3O2S2. The molecule has 0 atom stereocenters. The van der Waals surface area contributed by atoms with Crippen molar-refractivity contribution in [3.63, 3.8) is 0 Å². The van der Waals surface area contributed by atoms with Gasteiger partial charge in [-0.1, -0.05) is 24.3 Å². The number of carbonyl (C=O) groups excluding carboxylic acids is 1. The third-order valence-corrected chi connectivity index (χ3v) is 6.13. The molecule has 0 fully saturated rings. The number of nitrogens with one attached hydrogen (secondary N) is 1. The molecule has 1 N–H and O–H groups in total. The van der Waals surface area contributed by atoms with E-state index in [1.807, 2.05) is 22.9 Å². The molecule has 0 aliphatic rings. The van der Waals surface area contributed by atoms with Crippen molar-refractivity contribution in [1.82, 2.24) is 14.9 Å². The van der Waals surface area contributed by atoms with E-state index >= 15 is 0 Å². The maximum absolute atomic E-state index is 13.6. The fraction of sp³-hybridized carbons (Fsp3) is 0.150. The van der Waals surface area contributed by atoms with Crippen molar-refractivity contribution in [1.29, 1.82) is 0 Å². The van der Waals surface area contributed by atoms with Gasteiger partial charge < -0.3 is 5.32 Å². The van der Waals surface area contributed by atoms with E-state index in [2.05, 4.69) is 10.3 Å². The normalized spacial score (nSPS) is 11.0. The van der Waals surface area contributed by atoms with Crippen molar-refractivity contribution in [2.45, 2.75) is 13.0 Å². The van der Waals surface area contributed by atoms with Gasteiger partial charge in [-0.25, -0.2) is 9.37 Å². The molecule has 142 valence electrons. The molecule has 4 aromatic rings. The van der Waals surface area contributed by atoms with Crippen molar-refractivity contribution in [3.05, 3.63) is 75.2 Å². The van der Waals surface area contributed by atoms with E-state index in [9.17, 15) is 14.0 Å². The van der Waals surface area contributed by atoms with Gasteiger partial charge in [0.1, 0.15) is 17.2 Å². The van der Waals surface area contributed by atoms with Gasteiger partial charge in [0.05, 0.1) is 11.7 Å². The fourth-order valence-corrected chi connectivity index (χ4v) is 4.66. The summed E-state index contributed by atoms with van der Waals surface area (Å²) in [5.41, 5.74) is 1.16. The van der Waals surface area contributed by atoms with Crippen molar-refractivity contribution in [2.24, 2.45) is 0 Å². The minimum Gasteiger partial charge on any atom is -0.354 e. The maximum atomic E-state index is 13.6. The van der Waals surface area contributed by atoms with Crippen molar-refractivity contribution < 1.29 is 9.18 Å². The predicted octanol–water partition coefficient (Wildman–Crippen LogP) is 3.68. The Kier molecular flexibility index (Phi) is 5.31. The number of aromatic nitrogens is 2. The summed E-state index contributed by atoms with van der Waals surface area (Å²) in [6.07, 6.45) is 1.79. The smallest absolute Gasteiger partial charge is 0.263 e. The van der Waals surface area contributed by atoms with Gasteiger partial charge in [0, 0.05) is 22.4 Å². The van der Waals surface area contributed by atoms with Crippen LogP contribution in [0, 0.1) is 5.82 Å². The van der Waals surface area contributed by atoms with Gasteiger partial charge in [-0.15, -0.1) is 22.7 Å². The number of rotatable bonds is 6. The Morgan fingerprint density at radius 1 is 1.18 bits per heavy atom. The van der Waals surface area contributed by atoms with Crippen LogP contribution in [0.25, 0.3) is 20.7 Å². The first-order valence-corrected chi connectivity index (χ1v) is 10.4. The van der Waals surface area contributed by atoms with Gasteiger partial charge in [0.25, 0.3) is 5.56 Å². The van der Waals surface area contributed by atoms with E-state index in [0.29, 0.717) is 28.7 Å². The van der Waals surface area contributed by atoms with Crippen LogP contribution in [0.15, 0.2) is 58.3 Å². The number of amides is 1. The lowest BCUT2D eigenvalue weighted by atomic mass is 10.1. The zero-order valence-corrected chi connectivity index (χ0v) is 16.4. The Hall–Kier alpha value is -2.84. The molecule has 3 aromatic heterocycles. The van der Waals surface area contributed by atoms with Gasteiger partial charge in [-0.3, -0.25) is 14.2 Å². The van der Waals surface area contributed by atoms with E-state index in [1.165, 1.54) is 28.3 Å². The molecule has 1 amide bonds. The summed E-state index contributed by atoms with van der Waals surface area (Å²) in [5.74, 6) is -0.603. The summed E-state index contributed by atoms with van der Waals surface area (Å²) >= 11 is 2.97. The molecular weight excluding hydrogens is 397 g/mol. The lowest BCUT2D eigenvalue weighted by molar-refractivity contribution is -0.121. The van der Waals surface area contributed by atoms with Crippen molar-refractivity contribution >= 4 is 38.8 Å². The number of thiophene rings is 2. The lowest BCUT2D eigenvalue weighted by Crippen LogP contribution is -2.33. The van der Waals surface area contributed by atoms with Gasteiger partial charge in [-0.2, -0.15) is 0 Å². The number of nitrogens with zero attached hydrogens (tertiary/aromatic N) is 2.